The molecule has 1 atom stereocenters. The normalized spacial score (nSPS) is 20.7. The number of piperazine rings is 1. The molecule has 1 amide bonds. The molecule has 1 unspecified atom stereocenters. The van der Waals surface area contributed by atoms with Gasteiger partial charge in [0, 0.05) is 81.4 Å². The number of nitrogens with zero attached hydrogens (tertiary/aromatic N) is 7. The van der Waals surface area contributed by atoms with E-state index in [1.165, 1.54) is 9.47 Å². The second kappa shape index (κ2) is 12.6. The number of aryl methyl sites for hydroxylation is 2. The number of hydrogen-bond donors (Lipinski definition) is 2. The number of amides is 1. The van der Waals surface area contributed by atoms with Gasteiger partial charge in [0.25, 0.3) is 17.4 Å². The van der Waals surface area contributed by atoms with Crippen LogP contribution in [0.4, 0.5) is 31.8 Å². The number of hydrogen-bond acceptors (Lipinski definition) is 9. The van der Waals surface area contributed by atoms with E-state index in [1.54, 1.807) is 42.2 Å². The van der Waals surface area contributed by atoms with E-state index in [0.717, 1.165) is 44.1 Å². The molecule has 8 rings (SSSR count). The molecule has 1 aliphatic carbocycles. The minimum absolute atomic E-state index is 0.216. The summed E-state index contributed by atoms with van der Waals surface area (Å²) >= 11 is 0. The molecule has 50 heavy (non-hydrogen) atoms. The summed E-state index contributed by atoms with van der Waals surface area (Å²) in [6, 6.07) is 9.88. The molecule has 12 nitrogen and oxygen atoms in total. The van der Waals surface area contributed by atoms with Crippen LogP contribution < -0.4 is 20.7 Å². The highest BCUT2D eigenvalue weighted by Crippen LogP contribution is 2.38. The number of ether oxygens (including phenoxy) is 1. The van der Waals surface area contributed by atoms with Gasteiger partial charge in [-0.3, -0.25) is 19.4 Å². The van der Waals surface area contributed by atoms with Crippen molar-refractivity contribution in [3.63, 3.8) is 0 Å². The average molecular weight is 687 g/mol. The molecule has 0 radical (unpaired) electrons. The summed E-state index contributed by atoms with van der Waals surface area (Å²) in [5, 5.41) is 13.8. The summed E-state index contributed by atoms with van der Waals surface area (Å²) in [5.74, 6) is -2.33. The number of carbonyl (C=O) groups excluding carboxylic acids is 1. The third-order valence-electron chi connectivity index (χ3n) is 10.6. The number of aliphatic hydroxyl groups is 1. The van der Waals surface area contributed by atoms with Crippen molar-refractivity contribution >= 4 is 28.9 Å². The number of carbonyl (C=O) groups is 1. The lowest BCUT2D eigenvalue weighted by Gasteiger charge is -2.46. The van der Waals surface area contributed by atoms with Crippen LogP contribution in [-0.2, 0) is 37.8 Å². The predicted octanol–water partition coefficient (Wildman–Crippen LogP) is 3.57. The highest BCUT2D eigenvalue weighted by molar-refractivity contribution is 6.06. The smallest absolute Gasteiger partial charge is 0.276 e. The number of rotatable bonds is 7. The molecule has 14 heteroatoms. The van der Waals surface area contributed by atoms with Crippen molar-refractivity contribution in [2.24, 2.45) is 7.05 Å². The van der Waals surface area contributed by atoms with E-state index in [9.17, 15) is 23.5 Å². The molecule has 4 aromatic rings. The molecule has 0 bridgehead atoms. The van der Waals surface area contributed by atoms with Crippen molar-refractivity contribution in [2.45, 2.75) is 57.3 Å². The standard InChI is InChI=1S/C36H40F2N8O4/c1-22-17-43(26-20-50-21-26)9-10-44(22)25-3-4-32(40-16-25)41-29-13-24(18-42(2)34(29)48)27-6-8-39-33(28(27)19-47)46-12-11-45-30(35(46)49)14-23-5-7-36(37,38)15-31(23)45/h3-4,6,8,13-14,16,18,22,26,47H,5,7,9-12,15,17,19-21H2,1-2H3,(H,40,41). The molecule has 7 heterocycles. The van der Waals surface area contributed by atoms with Gasteiger partial charge in [0.2, 0.25) is 0 Å². The third kappa shape index (κ3) is 5.74. The van der Waals surface area contributed by atoms with E-state index in [-0.39, 0.29) is 37.3 Å². The maximum Gasteiger partial charge on any atom is 0.276 e. The summed E-state index contributed by atoms with van der Waals surface area (Å²) in [4.78, 5) is 42.5. The number of nitrogens with one attached hydrogen (secondary N) is 1. The van der Waals surface area contributed by atoms with Crippen LogP contribution in [0.1, 0.15) is 40.7 Å². The molecule has 0 spiro atoms. The lowest BCUT2D eigenvalue weighted by molar-refractivity contribution is -0.0691. The second-order valence-corrected chi connectivity index (χ2v) is 13.8. The van der Waals surface area contributed by atoms with Gasteiger partial charge in [-0.2, -0.15) is 0 Å². The molecule has 2 fully saturated rings. The first-order valence-corrected chi connectivity index (χ1v) is 17.1. The van der Waals surface area contributed by atoms with Gasteiger partial charge < -0.3 is 29.2 Å². The summed E-state index contributed by atoms with van der Waals surface area (Å²) in [6.07, 6.45) is 4.68. The Kier molecular flexibility index (Phi) is 8.19. The maximum absolute atomic E-state index is 14.2. The van der Waals surface area contributed by atoms with Gasteiger partial charge >= 0.3 is 0 Å². The first-order valence-electron chi connectivity index (χ1n) is 17.1. The van der Waals surface area contributed by atoms with Crippen LogP contribution in [0.2, 0.25) is 0 Å². The van der Waals surface area contributed by atoms with E-state index in [2.05, 4.69) is 32.0 Å². The maximum atomic E-state index is 14.2. The van der Waals surface area contributed by atoms with Gasteiger partial charge in [0.1, 0.15) is 23.0 Å². The molecule has 2 saturated heterocycles. The van der Waals surface area contributed by atoms with Gasteiger partial charge in [-0.25, -0.2) is 18.7 Å². The summed E-state index contributed by atoms with van der Waals surface area (Å²) in [6.45, 7) is 6.80. The van der Waals surface area contributed by atoms with Gasteiger partial charge in [0.05, 0.1) is 44.2 Å². The van der Waals surface area contributed by atoms with Crippen LogP contribution >= 0.6 is 0 Å². The molecular weight excluding hydrogens is 646 g/mol. The van der Waals surface area contributed by atoms with Crippen molar-refractivity contribution in [2.75, 3.05) is 54.5 Å². The first-order chi connectivity index (χ1) is 24.1. The Hall–Kier alpha value is -4.66. The third-order valence-corrected chi connectivity index (χ3v) is 10.6. The van der Waals surface area contributed by atoms with E-state index < -0.39 is 12.5 Å². The number of halogens is 2. The van der Waals surface area contributed by atoms with Crippen LogP contribution in [0.3, 0.4) is 0 Å². The number of alkyl halides is 2. The summed E-state index contributed by atoms with van der Waals surface area (Å²) in [7, 11) is 1.65. The largest absolute Gasteiger partial charge is 0.392 e. The molecule has 4 aromatic heterocycles. The molecule has 2 N–H and O–H groups in total. The van der Waals surface area contributed by atoms with Crippen molar-refractivity contribution in [3.8, 4) is 11.1 Å². The molecule has 0 aromatic carbocycles. The highest BCUT2D eigenvalue weighted by Gasteiger charge is 2.40. The van der Waals surface area contributed by atoms with Gasteiger partial charge in [-0.1, -0.05) is 0 Å². The fourth-order valence-corrected chi connectivity index (χ4v) is 7.79. The fraction of sp³-hybridized carbons (Fsp3) is 0.444. The Morgan fingerprint density at radius 2 is 1.92 bits per heavy atom. The first kappa shape index (κ1) is 32.5. The zero-order valence-corrected chi connectivity index (χ0v) is 28.1. The number of aromatic nitrogens is 4. The van der Waals surface area contributed by atoms with E-state index in [4.69, 9.17) is 4.74 Å². The van der Waals surface area contributed by atoms with E-state index in [0.29, 0.717) is 64.0 Å². The number of aliphatic hydroxyl groups excluding tert-OH is 1. The van der Waals surface area contributed by atoms with E-state index in [1.807, 2.05) is 18.3 Å². The quantitative estimate of drug-likeness (QED) is 0.301. The molecule has 262 valence electrons. The topological polar surface area (TPSA) is 121 Å². The van der Waals surface area contributed by atoms with Gasteiger partial charge in [0.15, 0.2) is 0 Å². The SMILES string of the molecule is CC1CN(C2COC2)CCN1c1ccc(Nc2cc(-c3ccnc(N4CCn5c(cc6c5CC(F)(F)CC6)C4=O)c3CO)cn(C)c2=O)nc1. The zero-order chi connectivity index (χ0) is 34.7. The zero-order valence-electron chi connectivity index (χ0n) is 28.1. The Morgan fingerprint density at radius 1 is 1.08 bits per heavy atom. The van der Waals surface area contributed by atoms with Crippen molar-refractivity contribution < 1.29 is 23.4 Å². The van der Waals surface area contributed by atoms with Crippen LogP contribution in [0.25, 0.3) is 11.1 Å². The molecular formula is C36H40F2N8O4. The minimum Gasteiger partial charge on any atom is -0.392 e. The highest BCUT2D eigenvalue weighted by atomic mass is 19.3. The van der Waals surface area contributed by atoms with Crippen molar-refractivity contribution in [1.29, 1.82) is 0 Å². The molecule has 3 aliphatic heterocycles. The Morgan fingerprint density at radius 3 is 2.64 bits per heavy atom. The lowest BCUT2D eigenvalue weighted by Crippen LogP contribution is -2.59. The lowest BCUT2D eigenvalue weighted by atomic mass is 9.94. The molecule has 4 aliphatic rings. The predicted molar refractivity (Wildman–Crippen MR) is 184 cm³/mol. The van der Waals surface area contributed by atoms with Gasteiger partial charge in [-0.05, 0) is 54.8 Å². The van der Waals surface area contributed by atoms with Crippen LogP contribution in [0.5, 0.6) is 0 Å². The Labute approximate surface area is 287 Å². The van der Waals surface area contributed by atoms with Crippen LogP contribution in [-0.4, -0.2) is 92.4 Å². The summed E-state index contributed by atoms with van der Waals surface area (Å²) in [5.41, 5.74) is 4.37. The fourth-order valence-electron chi connectivity index (χ4n) is 7.79. The van der Waals surface area contributed by atoms with Crippen LogP contribution in [0, 0.1) is 0 Å². The van der Waals surface area contributed by atoms with Crippen molar-refractivity contribution in [1.82, 2.24) is 24.0 Å². The second-order valence-electron chi connectivity index (χ2n) is 13.8. The number of pyridine rings is 3. The average Bonchev–Trinajstić information content (AvgIpc) is 3.44. The number of fused-ring (bicyclic) bond motifs is 3. The number of anilines is 4. The monoisotopic (exact) mass is 686 g/mol. The van der Waals surface area contributed by atoms with Gasteiger partial charge in [-0.15, -0.1) is 0 Å². The van der Waals surface area contributed by atoms with Crippen LogP contribution in [0.15, 0.2) is 53.7 Å². The van der Waals surface area contributed by atoms with E-state index >= 15 is 0 Å². The minimum atomic E-state index is -2.79. The Bertz CT molecular complexity index is 2010. The molecule has 0 saturated carbocycles. The van der Waals surface area contributed by atoms with Crippen molar-refractivity contribution in [3.05, 3.63) is 81.8 Å². The Balaban J connectivity index is 1.04. The summed E-state index contributed by atoms with van der Waals surface area (Å²) < 4.78 is 37.0.